The molecule has 3 amide bonds. The molecular formula is C24H20F3N7O5. The smallest absolute Gasteiger partial charge is 0.416 e. The lowest BCUT2D eigenvalue weighted by molar-refractivity contribution is -0.607. The number of urea groups is 1. The molecule has 202 valence electrons. The second-order valence-corrected chi connectivity index (χ2v) is 7.83. The Kier molecular flexibility index (Phi) is 7.90. The van der Waals surface area contributed by atoms with Gasteiger partial charge < -0.3 is 31.0 Å². The Morgan fingerprint density at radius 3 is 2.49 bits per heavy atom. The first-order valence-corrected chi connectivity index (χ1v) is 11.2. The molecule has 0 aliphatic rings. The number of halogens is 3. The van der Waals surface area contributed by atoms with E-state index in [0.29, 0.717) is 16.2 Å². The van der Waals surface area contributed by atoms with Crippen LogP contribution in [0.3, 0.4) is 0 Å². The summed E-state index contributed by atoms with van der Waals surface area (Å²) in [6.07, 6.45) is -1.06. The van der Waals surface area contributed by atoms with Crippen molar-refractivity contribution in [3.8, 4) is 17.2 Å². The van der Waals surface area contributed by atoms with Crippen molar-refractivity contribution < 1.29 is 37.3 Å². The van der Waals surface area contributed by atoms with Gasteiger partial charge in [-0.05, 0) is 42.5 Å². The van der Waals surface area contributed by atoms with Crippen molar-refractivity contribution in [3.63, 3.8) is 0 Å². The number of pyridine rings is 1. The summed E-state index contributed by atoms with van der Waals surface area (Å²) in [7, 11) is 0. The number of aliphatic hydroxyl groups is 1. The van der Waals surface area contributed by atoms with Crippen molar-refractivity contribution in [3.05, 3.63) is 89.9 Å². The molecule has 0 saturated heterocycles. The number of rotatable bonds is 8. The highest BCUT2D eigenvalue weighted by molar-refractivity contribution is 6.01. The summed E-state index contributed by atoms with van der Waals surface area (Å²) < 4.78 is 46.9. The van der Waals surface area contributed by atoms with Crippen LogP contribution in [0.4, 0.5) is 29.3 Å². The number of carbonyl (C=O) groups is 2. The minimum absolute atomic E-state index is 0.0263. The molecule has 0 radical (unpaired) electrons. The van der Waals surface area contributed by atoms with E-state index >= 15 is 0 Å². The van der Waals surface area contributed by atoms with Crippen LogP contribution in [0.2, 0.25) is 0 Å². The van der Waals surface area contributed by atoms with E-state index < -0.39 is 23.7 Å². The average Bonchev–Trinajstić information content (AvgIpc) is 3.44. The van der Waals surface area contributed by atoms with E-state index in [1.807, 2.05) is 0 Å². The Morgan fingerprint density at radius 1 is 1.05 bits per heavy atom. The topological polar surface area (TPSA) is 157 Å². The number of aromatic nitrogens is 4. The summed E-state index contributed by atoms with van der Waals surface area (Å²) in [5, 5.41) is 31.9. The van der Waals surface area contributed by atoms with Crippen LogP contribution in [0.1, 0.15) is 16.1 Å². The normalized spacial score (nSPS) is 11.1. The Morgan fingerprint density at radius 2 is 1.82 bits per heavy atom. The second kappa shape index (κ2) is 11.5. The summed E-state index contributed by atoms with van der Waals surface area (Å²) in [5.74, 6) is -0.208. The number of hydrogen-bond acceptors (Lipinski definition) is 7. The van der Waals surface area contributed by atoms with Crippen LogP contribution in [0.15, 0.2) is 73.4 Å². The van der Waals surface area contributed by atoms with Crippen molar-refractivity contribution in [2.45, 2.75) is 6.18 Å². The first kappa shape index (κ1) is 26.9. The molecule has 2 aromatic heterocycles. The molecule has 0 atom stereocenters. The quantitative estimate of drug-likeness (QED) is 0.196. The molecule has 4 aromatic rings. The fourth-order valence-electron chi connectivity index (χ4n) is 3.33. The van der Waals surface area contributed by atoms with E-state index in [1.54, 1.807) is 0 Å². The highest BCUT2D eigenvalue weighted by Gasteiger charge is 2.31. The molecule has 0 aliphatic carbocycles. The lowest BCUT2D eigenvalue weighted by Gasteiger charge is -2.15. The van der Waals surface area contributed by atoms with E-state index in [4.69, 9.17) is 9.84 Å². The Balaban J connectivity index is 1.44. The maximum absolute atomic E-state index is 13.2. The predicted molar refractivity (Wildman–Crippen MR) is 130 cm³/mol. The van der Waals surface area contributed by atoms with Crippen LogP contribution >= 0.6 is 0 Å². The summed E-state index contributed by atoms with van der Waals surface area (Å²) in [5.41, 5.74) is -0.877. The van der Waals surface area contributed by atoms with Crippen molar-refractivity contribution >= 4 is 23.3 Å². The van der Waals surface area contributed by atoms with Crippen molar-refractivity contribution in [2.24, 2.45) is 0 Å². The number of nitrogens with zero attached hydrogens (tertiary/aromatic N) is 4. The first-order valence-electron chi connectivity index (χ1n) is 11.2. The molecule has 0 aliphatic heterocycles. The monoisotopic (exact) mass is 543 g/mol. The lowest BCUT2D eigenvalue weighted by Crippen LogP contribution is -2.39. The van der Waals surface area contributed by atoms with Gasteiger partial charge in [0.1, 0.15) is 24.2 Å². The standard InChI is InChI=1S/C24H20F3N7O5/c25-24(26,27)15-1-6-20(33-14-28-13-30-33)19(11-15)32-23(37)31-16-2-4-17(5-3-16)39-18-7-9-34(38)21(12-18)22(36)29-8-10-35/h1-7,9,11-14,35H,8,10H2,(H,29,36)(H2,31,32,37). The third-order valence-electron chi connectivity index (χ3n) is 5.11. The minimum Gasteiger partial charge on any atom is -0.618 e. The van der Waals surface area contributed by atoms with Crippen molar-refractivity contribution in [1.82, 2.24) is 20.1 Å². The van der Waals surface area contributed by atoms with Gasteiger partial charge in [-0.2, -0.15) is 23.0 Å². The molecule has 4 rings (SSSR count). The van der Waals surface area contributed by atoms with E-state index in [-0.39, 0.29) is 36.0 Å². The summed E-state index contributed by atoms with van der Waals surface area (Å²) in [6.45, 7) is -0.316. The van der Waals surface area contributed by atoms with Gasteiger partial charge in [0.25, 0.3) is 5.69 Å². The molecule has 15 heteroatoms. The average molecular weight is 543 g/mol. The van der Waals surface area contributed by atoms with Gasteiger partial charge in [0.2, 0.25) is 0 Å². The lowest BCUT2D eigenvalue weighted by atomic mass is 10.1. The SMILES string of the molecule is O=C(Nc1ccc(Oc2cc[n+]([O-])c(C(=O)NCCO)c2)cc1)Nc1cc(C(F)(F)F)ccc1-n1cncn1. The van der Waals surface area contributed by atoms with Gasteiger partial charge in [0, 0.05) is 18.3 Å². The van der Waals surface area contributed by atoms with E-state index in [1.165, 1.54) is 59.8 Å². The van der Waals surface area contributed by atoms with Crippen LogP contribution in [-0.2, 0) is 6.18 Å². The van der Waals surface area contributed by atoms with E-state index in [9.17, 15) is 28.0 Å². The fraction of sp³-hybridized carbons (Fsp3) is 0.125. The molecule has 4 N–H and O–H groups in total. The number of hydrogen-bond donors (Lipinski definition) is 4. The first-order chi connectivity index (χ1) is 18.6. The highest BCUT2D eigenvalue weighted by atomic mass is 19.4. The van der Waals surface area contributed by atoms with E-state index in [0.717, 1.165) is 18.3 Å². The highest BCUT2D eigenvalue weighted by Crippen LogP contribution is 2.33. The zero-order valence-corrected chi connectivity index (χ0v) is 19.8. The number of benzene rings is 2. The number of amides is 3. The molecule has 0 fully saturated rings. The number of anilines is 2. The van der Waals surface area contributed by atoms with Gasteiger partial charge in [-0.25, -0.2) is 14.5 Å². The molecule has 0 spiro atoms. The largest absolute Gasteiger partial charge is 0.618 e. The number of alkyl halides is 3. The molecule has 2 aromatic carbocycles. The minimum atomic E-state index is -4.62. The molecular weight excluding hydrogens is 523 g/mol. The van der Waals surface area contributed by atoms with Crippen molar-refractivity contribution in [2.75, 3.05) is 23.8 Å². The summed E-state index contributed by atoms with van der Waals surface area (Å²) in [6, 6.07) is 10.5. The number of carbonyl (C=O) groups excluding carboxylic acids is 2. The van der Waals surface area contributed by atoms with Crippen molar-refractivity contribution in [1.29, 1.82) is 0 Å². The van der Waals surface area contributed by atoms with Gasteiger partial charge in [0.05, 0.1) is 29.6 Å². The second-order valence-electron chi connectivity index (χ2n) is 7.83. The van der Waals surface area contributed by atoms with Crippen LogP contribution in [0, 0.1) is 5.21 Å². The van der Waals surface area contributed by atoms with Gasteiger partial charge in [-0.1, -0.05) is 0 Å². The van der Waals surface area contributed by atoms with Crippen LogP contribution in [0.25, 0.3) is 5.69 Å². The molecule has 0 unspecified atom stereocenters. The Hall–Kier alpha value is -5.18. The van der Waals surface area contributed by atoms with Gasteiger partial charge in [0.15, 0.2) is 6.20 Å². The maximum Gasteiger partial charge on any atom is 0.416 e. The Bertz CT molecular complexity index is 1460. The molecule has 2 heterocycles. The van der Waals surface area contributed by atoms with Gasteiger partial charge >= 0.3 is 18.1 Å². The zero-order chi connectivity index (χ0) is 28.0. The number of aliphatic hydroxyl groups excluding tert-OH is 1. The summed E-state index contributed by atoms with van der Waals surface area (Å²) in [4.78, 5) is 28.4. The zero-order valence-electron chi connectivity index (χ0n) is 19.8. The molecule has 0 bridgehead atoms. The summed E-state index contributed by atoms with van der Waals surface area (Å²) >= 11 is 0. The fourth-order valence-corrected chi connectivity index (χ4v) is 3.33. The third kappa shape index (κ3) is 6.78. The van der Waals surface area contributed by atoms with Gasteiger partial charge in [-0.15, -0.1) is 0 Å². The number of ether oxygens (including phenoxy) is 1. The van der Waals surface area contributed by atoms with Crippen LogP contribution < -0.4 is 25.4 Å². The molecule has 12 nitrogen and oxygen atoms in total. The maximum atomic E-state index is 13.2. The van der Waals surface area contributed by atoms with E-state index in [2.05, 4.69) is 26.0 Å². The predicted octanol–water partition coefficient (Wildman–Crippen LogP) is 3.08. The van der Waals surface area contributed by atoms with Gasteiger partial charge in [-0.3, -0.25) is 4.79 Å². The van der Waals surface area contributed by atoms with Crippen LogP contribution in [0.5, 0.6) is 11.5 Å². The molecule has 39 heavy (non-hydrogen) atoms. The molecule has 0 saturated carbocycles. The Labute approximate surface area is 218 Å². The number of nitrogens with one attached hydrogen (secondary N) is 3. The third-order valence-corrected chi connectivity index (χ3v) is 5.11. The van der Waals surface area contributed by atoms with Crippen LogP contribution in [-0.4, -0.2) is 45.0 Å².